The highest BCUT2D eigenvalue weighted by molar-refractivity contribution is 9.10. The van der Waals surface area contributed by atoms with Gasteiger partial charge < -0.3 is 9.47 Å². The maximum atomic E-state index is 12.3. The van der Waals surface area contributed by atoms with Crippen molar-refractivity contribution >= 4 is 38.8 Å². The monoisotopic (exact) mass is 544 g/mol. The summed E-state index contributed by atoms with van der Waals surface area (Å²) in [7, 11) is 0. The van der Waals surface area contributed by atoms with Gasteiger partial charge in [0.25, 0.3) is 5.91 Å². The Labute approximate surface area is 220 Å². The highest BCUT2D eigenvalue weighted by atomic mass is 79.9. The van der Waals surface area contributed by atoms with Crippen LogP contribution in [0.5, 0.6) is 11.5 Å². The van der Waals surface area contributed by atoms with Crippen molar-refractivity contribution in [2.45, 2.75) is 32.8 Å². The summed E-state index contributed by atoms with van der Waals surface area (Å²) in [6.07, 6.45) is 5.00. The van der Waals surface area contributed by atoms with Crippen molar-refractivity contribution in [3.05, 3.63) is 106 Å². The first kappa shape index (κ1) is 25.5. The summed E-state index contributed by atoms with van der Waals surface area (Å²) in [5.74, 6) is 1.01. The van der Waals surface area contributed by atoms with Crippen LogP contribution in [0, 0.1) is 0 Å². The standard InChI is InChI=1S/C30H29BrN2O3/c1-2-3-7-22-12-15-26(16-13-22)35-21-30(34)33-32-19-28-27-11-5-4-9-24(27)14-17-29(28)36-20-23-8-6-10-25(31)18-23/h4-6,8-19H,2-3,7,20-21H2,1H3,(H,33,34). The van der Waals surface area contributed by atoms with Crippen LogP contribution >= 0.6 is 15.9 Å². The summed E-state index contributed by atoms with van der Waals surface area (Å²) in [6.45, 7) is 2.47. The quantitative estimate of drug-likeness (QED) is 0.162. The minimum atomic E-state index is -0.335. The van der Waals surface area contributed by atoms with Gasteiger partial charge >= 0.3 is 0 Å². The van der Waals surface area contributed by atoms with E-state index in [9.17, 15) is 4.79 Å². The van der Waals surface area contributed by atoms with Gasteiger partial charge in [0.15, 0.2) is 6.61 Å². The van der Waals surface area contributed by atoms with E-state index >= 15 is 0 Å². The number of ether oxygens (including phenoxy) is 2. The molecule has 0 aliphatic rings. The molecule has 5 nitrogen and oxygen atoms in total. The SMILES string of the molecule is CCCCc1ccc(OCC(=O)NN=Cc2c(OCc3cccc(Br)c3)ccc3ccccc23)cc1. The van der Waals surface area contributed by atoms with E-state index in [-0.39, 0.29) is 12.5 Å². The molecule has 0 saturated heterocycles. The molecule has 0 bridgehead atoms. The molecule has 0 saturated carbocycles. The van der Waals surface area contributed by atoms with E-state index in [0.29, 0.717) is 18.1 Å². The Bertz CT molecular complexity index is 1340. The molecule has 0 radical (unpaired) electrons. The predicted octanol–water partition coefficient (Wildman–Crippen LogP) is 7.05. The number of fused-ring (bicyclic) bond motifs is 1. The van der Waals surface area contributed by atoms with E-state index in [1.54, 1.807) is 6.21 Å². The topological polar surface area (TPSA) is 59.9 Å². The number of benzene rings is 4. The number of halogens is 1. The average Bonchev–Trinajstić information content (AvgIpc) is 2.90. The first-order chi connectivity index (χ1) is 17.6. The molecular weight excluding hydrogens is 516 g/mol. The van der Waals surface area contributed by atoms with Crippen LogP contribution in [0.1, 0.15) is 36.5 Å². The number of hydrazone groups is 1. The molecule has 6 heteroatoms. The number of hydrogen-bond acceptors (Lipinski definition) is 4. The van der Waals surface area contributed by atoms with E-state index < -0.39 is 0 Å². The second-order valence-electron chi connectivity index (χ2n) is 8.45. The van der Waals surface area contributed by atoms with Gasteiger partial charge in [0.2, 0.25) is 0 Å². The minimum Gasteiger partial charge on any atom is -0.488 e. The highest BCUT2D eigenvalue weighted by Crippen LogP contribution is 2.27. The number of carbonyl (C=O) groups is 1. The summed E-state index contributed by atoms with van der Waals surface area (Å²) < 4.78 is 12.7. The first-order valence-electron chi connectivity index (χ1n) is 12.0. The molecule has 0 aliphatic heterocycles. The Kier molecular flexibility index (Phi) is 9.11. The van der Waals surface area contributed by atoms with Crippen molar-refractivity contribution in [3.63, 3.8) is 0 Å². The number of carbonyl (C=O) groups excluding carboxylic acids is 1. The van der Waals surface area contributed by atoms with Crippen LogP contribution in [0.15, 0.2) is 94.5 Å². The molecule has 36 heavy (non-hydrogen) atoms. The minimum absolute atomic E-state index is 0.118. The van der Waals surface area contributed by atoms with Crippen molar-refractivity contribution < 1.29 is 14.3 Å². The molecule has 184 valence electrons. The third kappa shape index (κ3) is 7.18. The molecule has 0 fully saturated rings. The molecular formula is C30H29BrN2O3. The smallest absolute Gasteiger partial charge is 0.277 e. The second kappa shape index (κ2) is 12.9. The Hall–Kier alpha value is -3.64. The Morgan fingerprint density at radius 1 is 0.944 bits per heavy atom. The lowest BCUT2D eigenvalue weighted by Gasteiger charge is -2.12. The molecule has 0 aliphatic carbocycles. The van der Waals surface area contributed by atoms with Gasteiger partial charge in [-0.05, 0) is 65.1 Å². The van der Waals surface area contributed by atoms with Crippen LogP contribution < -0.4 is 14.9 Å². The van der Waals surface area contributed by atoms with Crippen LogP contribution in [-0.4, -0.2) is 18.7 Å². The predicted molar refractivity (Wildman–Crippen MR) is 149 cm³/mol. The number of unbranched alkanes of at least 4 members (excludes halogenated alkanes) is 1. The van der Waals surface area contributed by atoms with E-state index in [1.165, 1.54) is 5.56 Å². The van der Waals surface area contributed by atoms with Crippen molar-refractivity contribution in [1.29, 1.82) is 0 Å². The van der Waals surface area contributed by atoms with Gasteiger partial charge in [0, 0.05) is 10.0 Å². The fourth-order valence-corrected chi connectivity index (χ4v) is 4.25. The summed E-state index contributed by atoms with van der Waals surface area (Å²) in [4.78, 5) is 12.3. The second-order valence-corrected chi connectivity index (χ2v) is 9.36. The number of nitrogens with one attached hydrogen (secondary N) is 1. The average molecular weight is 545 g/mol. The molecule has 0 aromatic heterocycles. The Morgan fingerprint density at radius 3 is 2.58 bits per heavy atom. The summed E-state index contributed by atoms with van der Waals surface area (Å²) in [5.41, 5.74) is 5.67. The zero-order chi connectivity index (χ0) is 25.2. The third-order valence-electron chi connectivity index (χ3n) is 5.71. The van der Waals surface area contributed by atoms with Gasteiger partial charge in [-0.2, -0.15) is 5.10 Å². The fourth-order valence-electron chi connectivity index (χ4n) is 3.81. The maximum absolute atomic E-state index is 12.3. The van der Waals surface area contributed by atoms with E-state index in [1.807, 2.05) is 84.9 Å². The molecule has 1 amide bonds. The van der Waals surface area contributed by atoms with Crippen LogP contribution in [0.25, 0.3) is 10.8 Å². The van der Waals surface area contributed by atoms with Crippen LogP contribution in [-0.2, 0) is 17.8 Å². The first-order valence-corrected chi connectivity index (χ1v) is 12.8. The number of rotatable bonds is 11. The highest BCUT2D eigenvalue weighted by Gasteiger charge is 2.09. The van der Waals surface area contributed by atoms with Crippen molar-refractivity contribution in [3.8, 4) is 11.5 Å². The molecule has 0 atom stereocenters. The fraction of sp³-hybridized carbons (Fsp3) is 0.200. The van der Waals surface area contributed by atoms with Gasteiger partial charge in [-0.3, -0.25) is 4.79 Å². The number of nitrogens with zero attached hydrogens (tertiary/aromatic N) is 1. The molecule has 1 N–H and O–H groups in total. The molecule has 4 aromatic rings. The van der Waals surface area contributed by atoms with Crippen molar-refractivity contribution in [2.75, 3.05) is 6.61 Å². The third-order valence-corrected chi connectivity index (χ3v) is 6.20. The normalized spacial score (nSPS) is 11.1. The largest absolute Gasteiger partial charge is 0.488 e. The number of amides is 1. The molecule has 0 heterocycles. The lowest BCUT2D eigenvalue weighted by atomic mass is 10.0. The van der Waals surface area contributed by atoms with E-state index in [2.05, 4.69) is 33.4 Å². The molecule has 0 spiro atoms. The lowest BCUT2D eigenvalue weighted by molar-refractivity contribution is -0.123. The van der Waals surface area contributed by atoms with Gasteiger partial charge in [0.1, 0.15) is 18.1 Å². The van der Waals surface area contributed by atoms with Gasteiger partial charge in [0.05, 0.1) is 6.21 Å². The Morgan fingerprint density at radius 2 is 1.78 bits per heavy atom. The van der Waals surface area contributed by atoms with Gasteiger partial charge in [-0.1, -0.05) is 83.9 Å². The number of aryl methyl sites for hydroxylation is 1. The lowest BCUT2D eigenvalue weighted by Crippen LogP contribution is -2.24. The van der Waals surface area contributed by atoms with E-state index in [4.69, 9.17) is 9.47 Å². The van der Waals surface area contributed by atoms with Crippen molar-refractivity contribution in [2.24, 2.45) is 5.10 Å². The molecule has 4 rings (SSSR count). The van der Waals surface area contributed by atoms with Gasteiger partial charge in [-0.25, -0.2) is 5.43 Å². The number of hydrogen-bond donors (Lipinski definition) is 1. The molecule has 4 aromatic carbocycles. The maximum Gasteiger partial charge on any atom is 0.277 e. The zero-order valence-electron chi connectivity index (χ0n) is 20.2. The van der Waals surface area contributed by atoms with E-state index in [0.717, 1.165) is 45.6 Å². The Balaban J connectivity index is 1.40. The van der Waals surface area contributed by atoms with Crippen LogP contribution in [0.3, 0.4) is 0 Å². The van der Waals surface area contributed by atoms with Crippen LogP contribution in [0.2, 0.25) is 0 Å². The van der Waals surface area contributed by atoms with Gasteiger partial charge in [-0.15, -0.1) is 0 Å². The summed E-state index contributed by atoms with van der Waals surface area (Å²) in [6, 6.07) is 27.8. The van der Waals surface area contributed by atoms with Crippen molar-refractivity contribution in [1.82, 2.24) is 5.43 Å². The summed E-state index contributed by atoms with van der Waals surface area (Å²) in [5, 5.41) is 6.24. The summed E-state index contributed by atoms with van der Waals surface area (Å²) >= 11 is 3.50. The molecule has 0 unspecified atom stereocenters. The zero-order valence-corrected chi connectivity index (χ0v) is 21.8. The van der Waals surface area contributed by atoms with Crippen LogP contribution in [0.4, 0.5) is 0 Å².